The van der Waals surface area contributed by atoms with Crippen LogP contribution in [0, 0.1) is 0 Å². The number of oxime groups is 1. The van der Waals surface area contributed by atoms with Gasteiger partial charge in [-0.15, -0.1) is 0 Å². The normalized spacial score (nSPS) is 18.4. The van der Waals surface area contributed by atoms with Crippen molar-refractivity contribution in [1.29, 1.82) is 0 Å². The van der Waals surface area contributed by atoms with Crippen LogP contribution < -0.4 is 0 Å². The van der Waals surface area contributed by atoms with Gasteiger partial charge in [0.2, 0.25) is 0 Å². The lowest BCUT2D eigenvalue weighted by Crippen LogP contribution is -2.04. The van der Waals surface area contributed by atoms with Crippen molar-refractivity contribution >= 4 is 17.8 Å². The van der Waals surface area contributed by atoms with E-state index < -0.39 is 0 Å². The van der Waals surface area contributed by atoms with Crippen LogP contribution in [0.4, 0.5) is 0 Å². The molecule has 0 aliphatic carbocycles. The van der Waals surface area contributed by atoms with E-state index in [-0.39, 0.29) is 0 Å². The van der Waals surface area contributed by atoms with E-state index in [9.17, 15) is 0 Å². The zero-order valence-corrected chi connectivity index (χ0v) is 10.4. The molecule has 3 rings (SSSR count). The summed E-state index contributed by atoms with van der Waals surface area (Å²) in [6.45, 7) is 0.820. The van der Waals surface area contributed by atoms with Crippen LogP contribution in [0.5, 0.6) is 0 Å². The molecule has 2 aromatic rings. The fourth-order valence-corrected chi connectivity index (χ4v) is 2.72. The number of nitrogens with zero attached hydrogens (tertiary/aromatic N) is 3. The van der Waals surface area contributed by atoms with E-state index in [2.05, 4.69) is 22.3 Å². The van der Waals surface area contributed by atoms with Gasteiger partial charge in [0.15, 0.2) is 5.15 Å². The van der Waals surface area contributed by atoms with Crippen molar-refractivity contribution in [2.75, 3.05) is 0 Å². The molecule has 5 heteroatoms. The average Bonchev–Trinajstić information content (AvgIpc) is 2.91. The molecule has 1 aliphatic rings. The van der Waals surface area contributed by atoms with E-state index in [0.717, 1.165) is 18.8 Å². The van der Waals surface area contributed by atoms with Gasteiger partial charge >= 0.3 is 0 Å². The Hall–Kier alpha value is -1.81. The highest BCUT2D eigenvalue weighted by molar-refractivity contribution is 6.31. The second kappa shape index (κ2) is 4.46. The summed E-state index contributed by atoms with van der Waals surface area (Å²) in [5.41, 5.74) is 1.97. The molecule has 1 aliphatic heterocycles. The summed E-state index contributed by atoms with van der Waals surface area (Å²) in [7, 11) is 0. The van der Waals surface area contributed by atoms with Crippen molar-refractivity contribution in [1.82, 2.24) is 9.55 Å². The van der Waals surface area contributed by atoms with Gasteiger partial charge in [-0.3, -0.25) is 0 Å². The standard InChI is InChI=1S/C13H12ClN3O/c14-13-11(7-15-18)17-8-10(6-12(17)16-13)9-4-2-1-3-5-9/h1-5,7,10,18H,6,8H2. The third-order valence-corrected chi connectivity index (χ3v) is 3.60. The molecule has 0 radical (unpaired) electrons. The number of rotatable bonds is 2. The molecule has 1 N–H and O–H groups in total. The van der Waals surface area contributed by atoms with E-state index >= 15 is 0 Å². The van der Waals surface area contributed by atoms with Crippen LogP contribution in [-0.2, 0) is 13.0 Å². The number of imidazole rings is 1. The van der Waals surface area contributed by atoms with Crippen LogP contribution in [0.1, 0.15) is 23.0 Å². The van der Waals surface area contributed by atoms with Gasteiger partial charge in [-0.05, 0) is 5.56 Å². The SMILES string of the molecule is ON=Cc1c(Cl)nc2n1CC(c1ccccc1)C2. The molecule has 1 atom stereocenters. The lowest BCUT2D eigenvalue weighted by Gasteiger charge is -2.09. The van der Waals surface area contributed by atoms with Gasteiger partial charge in [-0.25, -0.2) is 4.98 Å². The lowest BCUT2D eigenvalue weighted by atomic mass is 9.98. The summed E-state index contributed by atoms with van der Waals surface area (Å²) in [5, 5.41) is 12.1. The van der Waals surface area contributed by atoms with Crippen LogP contribution in [0.2, 0.25) is 5.15 Å². The van der Waals surface area contributed by atoms with E-state index in [1.807, 2.05) is 22.8 Å². The zero-order chi connectivity index (χ0) is 12.5. The summed E-state index contributed by atoms with van der Waals surface area (Å²) in [6, 6.07) is 10.3. The molecule has 0 saturated heterocycles. The largest absolute Gasteiger partial charge is 0.411 e. The first-order valence-electron chi connectivity index (χ1n) is 5.77. The molecule has 18 heavy (non-hydrogen) atoms. The predicted molar refractivity (Wildman–Crippen MR) is 69.5 cm³/mol. The van der Waals surface area contributed by atoms with Crippen LogP contribution in [0.25, 0.3) is 0 Å². The highest BCUT2D eigenvalue weighted by Gasteiger charge is 2.27. The molecule has 0 saturated carbocycles. The zero-order valence-electron chi connectivity index (χ0n) is 9.62. The molecule has 92 valence electrons. The van der Waals surface area contributed by atoms with Gasteiger partial charge in [0.05, 0.1) is 6.21 Å². The average molecular weight is 262 g/mol. The molecule has 0 amide bonds. The number of aromatic nitrogens is 2. The monoisotopic (exact) mass is 261 g/mol. The van der Waals surface area contributed by atoms with Gasteiger partial charge in [-0.1, -0.05) is 47.1 Å². The number of fused-ring (bicyclic) bond motifs is 1. The highest BCUT2D eigenvalue weighted by Crippen LogP contribution is 2.32. The Bertz CT molecular complexity index is 592. The summed E-state index contributed by atoms with van der Waals surface area (Å²) in [5.74, 6) is 1.36. The Morgan fingerprint density at radius 2 is 2.17 bits per heavy atom. The van der Waals surface area contributed by atoms with Gasteiger partial charge in [0.1, 0.15) is 11.5 Å². The molecule has 1 aromatic carbocycles. The Kier molecular flexibility index (Phi) is 2.80. The van der Waals surface area contributed by atoms with E-state index in [4.69, 9.17) is 16.8 Å². The topological polar surface area (TPSA) is 50.4 Å². The smallest absolute Gasteiger partial charge is 0.156 e. The number of halogens is 1. The second-order valence-electron chi connectivity index (χ2n) is 4.37. The molecular formula is C13H12ClN3O. The van der Waals surface area contributed by atoms with Crippen molar-refractivity contribution in [2.24, 2.45) is 5.16 Å². The molecule has 4 nitrogen and oxygen atoms in total. The first-order valence-corrected chi connectivity index (χ1v) is 6.14. The number of benzene rings is 1. The van der Waals surface area contributed by atoms with E-state index in [0.29, 0.717) is 16.8 Å². The summed E-state index contributed by atoms with van der Waals surface area (Å²) in [4.78, 5) is 4.31. The fraction of sp³-hybridized carbons (Fsp3) is 0.231. The van der Waals surface area contributed by atoms with E-state index in [1.165, 1.54) is 11.8 Å². The predicted octanol–water partition coefficient (Wildman–Crippen LogP) is 2.68. The number of hydrogen-bond acceptors (Lipinski definition) is 3. The number of hydrogen-bond donors (Lipinski definition) is 1. The first kappa shape index (κ1) is 11.3. The maximum Gasteiger partial charge on any atom is 0.156 e. The van der Waals surface area contributed by atoms with Crippen molar-refractivity contribution in [3.63, 3.8) is 0 Å². The molecule has 2 heterocycles. The molecule has 0 bridgehead atoms. The van der Waals surface area contributed by atoms with Gasteiger partial charge in [0, 0.05) is 18.9 Å². The Balaban J connectivity index is 1.93. The van der Waals surface area contributed by atoms with Crippen LogP contribution in [0.15, 0.2) is 35.5 Å². The molecule has 0 spiro atoms. The summed E-state index contributed by atoms with van der Waals surface area (Å²) >= 11 is 6.00. The maximum absolute atomic E-state index is 8.65. The van der Waals surface area contributed by atoms with Gasteiger partial charge < -0.3 is 9.77 Å². The Morgan fingerprint density at radius 3 is 2.89 bits per heavy atom. The minimum absolute atomic E-state index is 0.398. The van der Waals surface area contributed by atoms with Crippen LogP contribution in [0.3, 0.4) is 0 Å². The first-order chi connectivity index (χ1) is 8.79. The Morgan fingerprint density at radius 1 is 1.39 bits per heavy atom. The molecule has 0 fully saturated rings. The minimum Gasteiger partial charge on any atom is -0.411 e. The minimum atomic E-state index is 0.398. The van der Waals surface area contributed by atoms with Crippen LogP contribution in [-0.4, -0.2) is 21.0 Å². The Labute approximate surface area is 110 Å². The maximum atomic E-state index is 8.65. The highest BCUT2D eigenvalue weighted by atomic mass is 35.5. The van der Waals surface area contributed by atoms with Gasteiger partial charge in [-0.2, -0.15) is 0 Å². The summed E-state index contributed by atoms with van der Waals surface area (Å²) < 4.78 is 2.01. The van der Waals surface area contributed by atoms with Crippen molar-refractivity contribution in [3.05, 3.63) is 52.6 Å². The van der Waals surface area contributed by atoms with Crippen molar-refractivity contribution in [2.45, 2.75) is 18.9 Å². The van der Waals surface area contributed by atoms with Gasteiger partial charge in [0.25, 0.3) is 0 Å². The third kappa shape index (κ3) is 1.78. The fourth-order valence-electron chi connectivity index (χ4n) is 2.47. The third-order valence-electron chi connectivity index (χ3n) is 3.32. The van der Waals surface area contributed by atoms with Crippen molar-refractivity contribution < 1.29 is 5.21 Å². The molecular weight excluding hydrogens is 250 g/mol. The molecule has 1 unspecified atom stereocenters. The molecule has 1 aromatic heterocycles. The second-order valence-corrected chi connectivity index (χ2v) is 4.73. The van der Waals surface area contributed by atoms with E-state index in [1.54, 1.807) is 0 Å². The van der Waals surface area contributed by atoms with Crippen molar-refractivity contribution in [3.8, 4) is 0 Å². The quantitative estimate of drug-likeness (QED) is 0.513. The van der Waals surface area contributed by atoms with Crippen LogP contribution >= 0.6 is 11.6 Å². The lowest BCUT2D eigenvalue weighted by molar-refractivity contribution is 0.321. The summed E-state index contributed by atoms with van der Waals surface area (Å²) in [6.07, 6.45) is 2.20.